The molecule has 2 aromatic heterocycles. The Morgan fingerprint density at radius 1 is 1.05 bits per heavy atom. The standard InChI is InChI=1S/C31H27N3O5S/c1-18(2)39-31(38)22-13-11-20(12-14-22)17-34-25(23-10-7-15-32-16-23)24(27(36)30(34)37)26(35)28-19(3)33-29(40-28)21-8-5-4-6-9-21/h4-16,18,25,36H,17H2,1-3H3. The molecular weight excluding hydrogens is 526 g/mol. The van der Waals surface area contributed by atoms with E-state index in [1.54, 1.807) is 69.6 Å². The summed E-state index contributed by atoms with van der Waals surface area (Å²) < 4.78 is 5.25. The summed E-state index contributed by atoms with van der Waals surface area (Å²) in [5, 5.41) is 11.7. The van der Waals surface area contributed by atoms with Crippen LogP contribution in [0.25, 0.3) is 10.6 Å². The molecule has 40 heavy (non-hydrogen) atoms. The summed E-state index contributed by atoms with van der Waals surface area (Å²) in [5.74, 6) is -2.14. The molecule has 5 rings (SSSR count). The van der Waals surface area contributed by atoms with E-state index in [0.717, 1.165) is 5.56 Å². The molecule has 0 spiro atoms. The molecule has 202 valence electrons. The van der Waals surface area contributed by atoms with Gasteiger partial charge in [-0.15, -0.1) is 11.3 Å². The number of hydrogen-bond acceptors (Lipinski definition) is 8. The summed E-state index contributed by atoms with van der Waals surface area (Å²) in [6, 6.07) is 18.9. The first-order valence-electron chi connectivity index (χ1n) is 12.8. The molecule has 0 saturated carbocycles. The number of benzene rings is 2. The molecule has 1 aliphatic heterocycles. The summed E-state index contributed by atoms with van der Waals surface area (Å²) in [7, 11) is 0. The summed E-state index contributed by atoms with van der Waals surface area (Å²) in [5.41, 5.74) is 3.08. The lowest BCUT2D eigenvalue weighted by Crippen LogP contribution is -2.30. The van der Waals surface area contributed by atoms with Gasteiger partial charge in [-0.1, -0.05) is 48.5 Å². The van der Waals surface area contributed by atoms with Crippen molar-refractivity contribution in [2.24, 2.45) is 0 Å². The van der Waals surface area contributed by atoms with E-state index in [9.17, 15) is 19.5 Å². The number of hydrogen-bond donors (Lipinski definition) is 1. The second-order valence-corrected chi connectivity index (χ2v) is 10.7. The van der Waals surface area contributed by atoms with E-state index < -0.39 is 29.5 Å². The zero-order chi connectivity index (χ0) is 28.4. The Balaban J connectivity index is 1.48. The highest BCUT2D eigenvalue weighted by Gasteiger charge is 2.44. The fourth-order valence-corrected chi connectivity index (χ4v) is 5.62. The molecule has 1 amide bonds. The SMILES string of the molecule is Cc1nc(-c2ccccc2)sc1C(=O)C1=C(O)C(=O)N(Cc2ccc(C(=O)OC(C)C)cc2)C1c1cccnc1. The maximum Gasteiger partial charge on any atom is 0.338 e. The van der Waals surface area contributed by atoms with Crippen LogP contribution in [0.3, 0.4) is 0 Å². The van der Waals surface area contributed by atoms with Crippen LogP contribution >= 0.6 is 11.3 Å². The third kappa shape index (κ3) is 5.28. The van der Waals surface area contributed by atoms with Gasteiger partial charge in [0.2, 0.25) is 5.78 Å². The number of esters is 1. The maximum atomic E-state index is 14.0. The molecule has 0 bridgehead atoms. The van der Waals surface area contributed by atoms with Crippen molar-refractivity contribution in [3.05, 3.63) is 118 Å². The average Bonchev–Trinajstić information content (AvgIpc) is 3.46. The smallest absolute Gasteiger partial charge is 0.338 e. The van der Waals surface area contributed by atoms with Gasteiger partial charge >= 0.3 is 5.97 Å². The lowest BCUT2D eigenvalue weighted by atomic mass is 9.96. The number of Topliss-reactive ketones (excluding diaryl/α,β-unsaturated/α-hetero) is 1. The third-order valence-corrected chi connectivity index (χ3v) is 7.66. The van der Waals surface area contributed by atoms with Gasteiger partial charge in [-0.3, -0.25) is 14.6 Å². The predicted molar refractivity (Wildman–Crippen MR) is 151 cm³/mol. The first-order chi connectivity index (χ1) is 19.2. The highest BCUT2D eigenvalue weighted by Crippen LogP contribution is 2.41. The summed E-state index contributed by atoms with van der Waals surface area (Å²) in [6.45, 7) is 5.39. The quantitative estimate of drug-likeness (QED) is 0.215. The summed E-state index contributed by atoms with van der Waals surface area (Å²) in [4.78, 5) is 50.2. The average molecular weight is 554 g/mol. The van der Waals surface area contributed by atoms with Crippen LogP contribution in [0.2, 0.25) is 0 Å². The van der Waals surface area contributed by atoms with Crippen LogP contribution in [0.5, 0.6) is 0 Å². The molecule has 8 nitrogen and oxygen atoms in total. The van der Waals surface area contributed by atoms with Crippen molar-refractivity contribution in [2.75, 3.05) is 0 Å². The van der Waals surface area contributed by atoms with Crippen LogP contribution in [-0.4, -0.2) is 43.7 Å². The Bertz CT molecular complexity index is 1600. The first kappa shape index (κ1) is 27.0. The minimum Gasteiger partial charge on any atom is -0.503 e. The van der Waals surface area contributed by atoms with E-state index in [1.165, 1.54) is 16.2 Å². The second-order valence-electron chi connectivity index (χ2n) is 9.66. The molecule has 9 heteroatoms. The fourth-order valence-electron chi connectivity index (χ4n) is 4.59. The van der Waals surface area contributed by atoms with Gasteiger partial charge in [0, 0.05) is 24.5 Å². The molecule has 0 aliphatic carbocycles. The van der Waals surface area contributed by atoms with Gasteiger partial charge in [0.15, 0.2) is 5.76 Å². The maximum absolute atomic E-state index is 14.0. The highest BCUT2D eigenvalue weighted by atomic mass is 32.1. The van der Waals surface area contributed by atoms with Gasteiger partial charge in [0.05, 0.1) is 33.9 Å². The van der Waals surface area contributed by atoms with Gasteiger partial charge in [-0.05, 0) is 50.1 Å². The molecule has 4 aromatic rings. The molecule has 1 N–H and O–H groups in total. The Hall–Kier alpha value is -4.63. The number of aromatic nitrogens is 2. The molecule has 1 atom stereocenters. The van der Waals surface area contributed by atoms with Gasteiger partial charge in [0.1, 0.15) is 5.01 Å². The number of thiazole rings is 1. The van der Waals surface area contributed by atoms with Gasteiger partial charge in [-0.2, -0.15) is 0 Å². The number of carbonyl (C=O) groups is 3. The number of ketones is 1. The molecule has 1 aliphatic rings. The molecule has 1 unspecified atom stereocenters. The van der Waals surface area contributed by atoms with Crippen molar-refractivity contribution in [3.63, 3.8) is 0 Å². The zero-order valence-electron chi connectivity index (χ0n) is 22.2. The molecule has 0 saturated heterocycles. The lowest BCUT2D eigenvalue weighted by molar-refractivity contribution is -0.130. The van der Waals surface area contributed by atoms with Crippen molar-refractivity contribution in [1.29, 1.82) is 0 Å². The molecular formula is C31H27N3O5S. The Kier molecular flexibility index (Phi) is 7.57. The van der Waals surface area contributed by atoms with Crippen LogP contribution < -0.4 is 0 Å². The Morgan fingerprint density at radius 2 is 1.77 bits per heavy atom. The molecule has 0 fully saturated rings. The Morgan fingerprint density at radius 3 is 2.42 bits per heavy atom. The van der Waals surface area contributed by atoms with Crippen LogP contribution in [-0.2, 0) is 16.1 Å². The number of nitrogens with zero attached hydrogens (tertiary/aromatic N) is 3. The van der Waals surface area contributed by atoms with Crippen LogP contribution in [0, 0.1) is 6.92 Å². The van der Waals surface area contributed by atoms with E-state index in [1.807, 2.05) is 30.3 Å². The monoisotopic (exact) mass is 553 g/mol. The van der Waals surface area contributed by atoms with Gasteiger partial charge in [-0.25, -0.2) is 9.78 Å². The number of pyridine rings is 1. The number of amides is 1. The van der Waals surface area contributed by atoms with Crippen molar-refractivity contribution in [3.8, 4) is 10.6 Å². The van der Waals surface area contributed by atoms with Gasteiger partial charge in [0.25, 0.3) is 5.91 Å². The van der Waals surface area contributed by atoms with Crippen molar-refractivity contribution in [2.45, 2.75) is 39.5 Å². The lowest BCUT2D eigenvalue weighted by Gasteiger charge is -2.26. The third-order valence-electron chi connectivity index (χ3n) is 6.46. The van der Waals surface area contributed by atoms with E-state index in [2.05, 4.69) is 9.97 Å². The topological polar surface area (TPSA) is 110 Å². The highest BCUT2D eigenvalue weighted by molar-refractivity contribution is 7.17. The number of rotatable bonds is 8. The molecule has 3 heterocycles. The number of carbonyl (C=O) groups excluding carboxylic acids is 3. The summed E-state index contributed by atoms with van der Waals surface area (Å²) in [6.07, 6.45) is 2.94. The van der Waals surface area contributed by atoms with E-state index in [4.69, 9.17) is 4.74 Å². The molecule has 0 radical (unpaired) electrons. The van der Waals surface area contributed by atoms with Crippen molar-refractivity contribution < 1.29 is 24.2 Å². The second kappa shape index (κ2) is 11.2. The van der Waals surface area contributed by atoms with Crippen molar-refractivity contribution in [1.82, 2.24) is 14.9 Å². The van der Waals surface area contributed by atoms with E-state index in [0.29, 0.717) is 32.3 Å². The Labute approximate surface area is 235 Å². The van der Waals surface area contributed by atoms with Gasteiger partial charge < -0.3 is 14.7 Å². The van der Waals surface area contributed by atoms with Crippen LogP contribution in [0.1, 0.15) is 56.7 Å². The van der Waals surface area contributed by atoms with Crippen LogP contribution in [0.4, 0.5) is 0 Å². The summed E-state index contributed by atoms with van der Waals surface area (Å²) >= 11 is 1.23. The first-order valence-corrected chi connectivity index (χ1v) is 13.6. The minimum absolute atomic E-state index is 0.0125. The fraction of sp³-hybridized carbons (Fsp3) is 0.194. The van der Waals surface area contributed by atoms with E-state index in [-0.39, 0.29) is 18.2 Å². The number of aliphatic hydroxyl groups is 1. The van der Waals surface area contributed by atoms with Crippen LogP contribution in [0.15, 0.2) is 90.5 Å². The molecule has 2 aromatic carbocycles. The largest absolute Gasteiger partial charge is 0.503 e. The normalized spacial score (nSPS) is 15.2. The van der Waals surface area contributed by atoms with E-state index >= 15 is 0 Å². The minimum atomic E-state index is -0.860. The predicted octanol–water partition coefficient (Wildman–Crippen LogP) is 5.86. The zero-order valence-corrected chi connectivity index (χ0v) is 23.0. The number of aliphatic hydroxyl groups excluding tert-OH is 1. The number of aryl methyl sites for hydroxylation is 1. The van der Waals surface area contributed by atoms with Crippen molar-refractivity contribution >= 4 is 29.0 Å². The number of ether oxygens (including phenoxy) is 1.